The van der Waals surface area contributed by atoms with E-state index in [4.69, 9.17) is 9.47 Å². The number of morpholine rings is 1. The standard InChI is InChI=1S/C24H24F3N5O5S/c1-13-8-28-21(38-13)16-5-15(6-18(7-16)37-12-19-11-32(23(34)35)3-4-36-19)20(33)31-14(2)17-9-29-22(30-10-17)24(25,26)27/h5-10,14,19H,3-4,11-12H2,1-2H3,(H,31,33)(H,34,35)/t14-,19-/m0/s1. The van der Waals surface area contributed by atoms with E-state index in [1.54, 1.807) is 25.3 Å². The van der Waals surface area contributed by atoms with E-state index in [2.05, 4.69) is 20.3 Å². The lowest BCUT2D eigenvalue weighted by molar-refractivity contribution is -0.145. The van der Waals surface area contributed by atoms with Gasteiger partial charge in [0.15, 0.2) is 0 Å². The van der Waals surface area contributed by atoms with E-state index in [0.717, 1.165) is 17.3 Å². The minimum Gasteiger partial charge on any atom is -0.491 e. The fraction of sp³-hybridized carbons (Fsp3) is 0.375. The molecule has 1 fully saturated rings. The highest BCUT2D eigenvalue weighted by Crippen LogP contribution is 2.30. The summed E-state index contributed by atoms with van der Waals surface area (Å²) in [5.41, 5.74) is 1.17. The average Bonchev–Trinajstić information content (AvgIpc) is 3.33. The number of alkyl halides is 3. The number of benzene rings is 1. The molecular weight excluding hydrogens is 527 g/mol. The van der Waals surface area contributed by atoms with Crippen LogP contribution in [0.3, 0.4) is 0 Å². The van der Waals surface area contributed by atoms with Crippen molar-refractivity contribution in [1.29, 1.82) is 0 Å². The van der Waals surface area contributed by atoms with Crippen molar-refractivity contribution in [2.45, 2.75) is 32.2 Å². The first-order valence-electron chi connectivity index (χ1n) is 11.5. The van der Waals surface area contributed by atoms with Crippen molar-refractivity contribution in [3.05, 3.63) is 58.6 Å². The number of carbonyl (C=O) groups excluding carboxylic acids is 1. The molecule has 1 aromatic carbocycles. The molecule has 2 aromatic heterocycles. The Kier molecular flexibility index (Phi) is 8.11. The van der Waals surface area contributed by atoms with Gasteiger partial charge in [0.25, 0.3) is 5.91 Å². The molecular formula is C24H24F3N5O5S. The van der Waals surface area contributed by atoms with E-state index in [1.807, 2.05) is 6.92 Å². The van der Waals surface area contributed by atoms with Crippen LogP contribution in [0.15, 0.2) is 36.8 Å². The van der Waals surface area contributed by atoms with Crippen molar-refractivity contribution in [3.63, 3.8) is 0 Å². The number of carbonyl (C=O) groups is 2. The fourth-order valence-electron chi connectivity index (χ4n) is 3.68. The van der Waals surface area contributed by atoms with Crippen LogP contribution in [0.5, 0.6) is 5.75 Å². The SMILES string of the molecule is Cc1cnc(-c2cc(OC[C@@H]3CN(C(=O)O)CCO3)cc(C(=O)N[C@@H](C)c3cnc(C(F)(F)F)nc3)c2)s1. The van der Waals surface area contributed by atoms with Gasteiger partial charge in [0, 0.05) is 46.7 Å². The van der Waals surface area contributed by atoms with Gasteiger partial charge in [-0.05, 0) is 32.0 Å². The molecule has 2 atom stereocenters. The molecule has 1 saturated heterocycles. The average molecular weight is 552 g/mol. The number of aryl methyl sites for hydroxylation is 1. The van der Waals surface area contributed by atoms with Gasteiger partial charge < -0.3 is 24.8 Å². The molecule has 38 heavy (non-hydrogen) atoms. The molecule has 1 aliphatic rings. The second-order valence-corrected chi connectivity index (χ2v) is 9.82. The van der Waals surface area contributed by atoms with Crippen molar-refractivity contribution in [3.8, 4) is 16.3 Å². The largest absolute Gasteiger partial charge is 0.491 e. The lowest BCUT2D eigenvalue weighted by atomic mass is 10.1. The number of amides is 2. The third kappa shape index (κ3) is 6.75. The number of halogens is 3. The number of aromatic nitrogens is 3. The molecule has 3 heterocycles. The lowest BCUT2D eigenvalue weighted by Crippen LogP contribution is -2.47. The van der Waals surface area contributed by atoms with Crippen LogP contribution >= 0.6 is 11.3 Å². The zero-order valence-electron chi connectivity index (χ0n) is 20.4. The zero-order valence-corrected chi connectivity index (χ0v) is 21.2. The van der Waals surface area contributed by atoms with Crippen LogP contribution in [-0.2, 0) is 10.9 Å². The highest BCUT2D eigenvalue weighted by atomic mass is 32.1. The summed E-state index contributed by atoms with van der Waals surface area (Å²) in [5, 5.41) is 12.6. The molecule has 0 bridgehead atoms. The Balaban J connectivity index is 1.52. The number of carboxylic acid groups (broad SMARTS) is 1. The normalized spacial score (nSPS) is 16.7. The lowest BCUT2D eigenvalue weighted by Gasteiger charge is -2.30. The minimum absolute atomic E-state index is 0.0600. The Labute approximate surface area is 219 Å². The molecule has 0 aliphatic carbocycles. The summed E-state index contributed by atoms with van der Waals surface area (Å²) in [7, 11) is 0. The minimum atomic E-state index is -4.66. The first-order chi connectivity index (χ1) is 18.0. The van der Waals surface area contributed by atoms with Gasteiger partial charge >= 0.3 is 12.3 Å². The number of thiazole rings is 1. The van der Waals surface area contributed by atoms with E-state index in [0.29, 0.717) is 21.9 Å². The van der Waals surface area contributed by atoms with Crippen LogP contribution in [0, 0.1) is 6.92 Å². The predicted octanol–water partition coefficient (Wildman–Crippen LogP) is 4.18. The monoisotopic (exact) mass is 551 g/mol. The van der Waals surface area contributed by atoms with Crippen LogP contribution in [0.4, 0.5) is 18.0 Å². The number of ether oxygens (including phenoxy) is 2. The van der Waals surface area contributed by atoms with Crippen molar-refractivity contribution in [2.24, 2.45) is 0 Å². The van der Waals surface area contributed by atoms with E-state index in [-0.39, 0.29) is 31.9 Å². The van der Waals surface area contributed by atoms with Gasteiger partial charge in [0.05, 0.1) is 19.2 Å². The third-order valence-electron chi connectivity index (χ3n) is 5.66. The molecule has 1 aliphatic heterocycles. The second kappa shape index (κ2) is 11.3. The highest BCUT2D eigenvalue weighted by molar-refractivity contribution is 7.14. The Morgan fingerprint density at radius 3 is 2.61 bits per heavy atom. The molecule has 2 N–H and O–H groups in total. The molecule has 202 valence electrons. The topological polar surface area (TPSA) is 127 Å². The molecule has 3 aromatic rings. The Bertz CT molecular complexity index is 1300. The summed E-state index contributed by atoms with van der Waals surface area (Å²) in [6, 6.07) is 4.20. The second-order valence-electron chi connectivity index (χ2n) is 8.59. The van der Waals surface area contributed by atoms with Gasteiger partial charge in [-0.2, -0.15) is 13.2 Å². The number of nitrogens with zero attached hydrogens (tertiary/aromatic N) is 4. The van der Waals surface area contributed by atoms with Gasteiger partial charge in [0.2, 0.25) is 5.82 Å². The fourth-order valence-corrected chi connectivity index (χ4v) is 4.43. The smallest absolute Gasteiger partial charge is 0.451 e. The molecule has 2 amide bonds. The molecule has 0 unspecified atom stereocenters. The maximum atomic E-state index is 13.1. The van der Waals surface area contributed by atoms with Crippen molar-refractivity contribution < 1.29 is 37.3 Å². The van der Waals surface area contributed by atoms with Crippen molar-refractivity contribution >= 4 is 23.3 Å². The van der Waals surface area contributed by atoms with E-state index >= 15 is 0 Å². The first-order valence-corrected chi connectivity index (χ1v) is 12.3. The Hall–Kier alpha value is -3.78. The van der Waals surface area contributed by atoms with Crippen molar-refractivity contribution in [1.82, 2.24) is 25.2 Å². The molecule has 10 nitrogen and oxygen atoms in total. The van der Waals surface area contributed by atoms with E-state index < -0.39 is 36.1 Å². The zero-order chi connectivity index (χ0) is 27.4. The van der Waals surface area contributed by atoms with Gasteiger partial charge in [0.1, 0.15) is 23.5 Å². The van der Waals surface area contributed by atoms with Crippen molar-refractivity contribution in [2.75, 3.05) is 26.3 Å². The molecule has 0 spiro atoms. The quantitative estimate of drug-likeness (QED) is 0.448. The Morgan fingerprint density at radius 2 is 1.97 bits per heavy atom. The van der Waals surface area contributed by atoms with Crippen LogP contribution in [0.2, 0.25) is 0 Å². The Morgan fingerprint density at radius 1 is 1.24 bits per heavy atom. The summed E-state index contributed by atoms with van der Waals surface area (Å²) < 4.78 is 49.8. The molecule has 0 radical (unpaired) electrons. The van der Waals surface area contributed by atoms with Gasteiger partial charge in [-0.25, -0.2) is 19.7 Å². The van der Waals surface area contributed by atoms with Gasteiger partial charge in [-0.3, -0.25) is 4.79 Å². The summed E-state index contributed by atoms with van der Waals surface area (Å²) in [5.74, 6) is -1.41. The predicted molar refractivity (Wildman–Crippen MR) is 130 cm³/mol. The summed E-state index contributed by atoms with van der Waals surface area (Å²) >= 11 is 1.43. The van der Waals surface area contributed by atoms with Crippen LogP contribution in [-0.4, -0.2) is 69.4 Å². The first kappa shape index (κ1) is 27.3. The third-order valence-corrected chi connectivity index (χ3v) is 6.62. The molecule has 4 rings (SSSR count). The highest BCUT2D eigenvalue weighted by Gasteiger charge is 2.34. The van der Waals surface area contributed by atoms with Gasteiger partial charge in [-0.1, -0.05) is 0 Å². The van der Waals surface area contributed by atoms with Crippen LogP contribution in [0.25, 0.3) is 10.6 Å². The van der Waals surface area contributed by atoms with E-state index in [1.165, 1.54) is 22.3 Å². The summed E-state index contributed by atoms with van der Waals surface area (Å²) in [6.07, 6.45) is -2.43. The number of rotatable bonds is 7. The van der Waals surface area contributed by atoms with Gasteiger partial charge in [-0.15, -0.1) is 11.3 Å². The van der Waals surface area contributed by atoms with Crippen LogP contribution in [0.1, 0.15) is 39.6 Å². The maximum absolute atomic E-state index is 13.1. The number of nitrogens with one attached hydrogen (secondary N) is 1. The maximum Gasteiger partial charge on any atom is 0.451 e. The molecule has 0 saturated carbocycles. The van der Waals surface area contributed by atoms with E-state index in [9.17, 15) is 27.9 Å². The number of hydrogen-bond donors (Lipinski definition) is 2. The summed E-state index contributed by atoms with van der Waals surface area (Å²) in [4.78, 5) is 37.7. The molecule has 14 heteroatoms. The van der Waals surface area contributed by atoms with Crippen LogP contribution < -0.4 is 10.1 Å². The summed E-state index contributed by atoms with van der Waals surface area (Å²) in [6.45, 7) is 4.24. The number of hydrogen-bond acceptors (Lipinski definition) is 8.